The highest BCUT2D eigenvalue weighted by Gasteiger charge is 2.34. The first kappa shape index (κ1) is 24.2. The fourth-order valence-corrected chi connectivity index (χ4v) is 6.26. The van der Waals surface area contributed by atoms with Gasteiger partial charge in [0.2, 0.25) is 21.8 Å². The van der Waals surface area contributed by atoms with E-state index in [1.54, 1.807) is 30.0 Å². The maximum atomic E-state index is 13.1. The minimum atomic E-state index is -3.69. The summed E-state index contributed by atoms with van der Waals surface area (Å²) >= 11 is 1.18. The van der Waals surface area contributed by atoms with Crippen molar-refractivity contribution in [1.82, 2.24) is 14.1 Å². The zero-order valence-corrected chi connectivity index (χ0v) is 20.3. The minimum absolute atomic E-state index is 0.149. The Labute approximate surface area is 202 Å². The van der Waals surface area contributed by atoms with E-state index in [0.717, 1.165) is 10.8 Å². The molecule has 11 heteroatoms. The highest BCUT2D eigenvalue weighted by molar-refractivity contribution is 8.04. The summed E-state index contributed by atoms with van der Waals surface area (Å²) in [4.78, 5) is 39.9. The van der Waals surface area contributed by atoms with Crippen LogP contribution in [0.5, 0.6) is 0 Å². The molecule has 2 aliphatic heterocycles. The van der Waals surface area contributed by atoms with Gasteiger partial charge in [-0.05, 0) is 29.8 Å². The van der Waals surface area contributed by atoms with Crippen LogP contribution in [0.2, 0.25) is 0 Å². The lowest BCUT2D eigenvalue weighted by Gasteiger charge is -2.34. The Balaban J connectivity index is 1.39. The predicted octanol–water partition coefficient (Wildman–Crippen LogP) is 1.65. The molecule has 34 heavy (non-hydrogen) atoms. The van der Waals surface area contributed by atoms with Gasteiger partial charge in [0.25, 0.3) is 0 Å². The topological polar surface area (TPSA) is 104 Å². The molecule has 0 aliphatic carbocycles. The fraction of sp³-hybridized carbons (Fsp3) is 0.348. The Morgan fingerprint density at radius 2 is 1.76 bits per heavy atom. The molecule has 4 rings (SSSR count). The van der Waals surface area contributed by atoms with Crippen molar-refractivity contribution in [2.45, 2.75) is 11.8 Å². The molecule has 0 N–H and O–H groups in total. The van der Waals surface area contributed by atoms with E-state index >= 15 is 0 Å². The first-order chi connectivity index (χ1) is 16.3. The molecule has 2 aromatic rings. The molecule has 0 radical (unpaired) electrons. The van der Waals surface area contributed by atoms with Crippen LogP contribution >= 0.6 is 11.8 Å². The van der Waals surface area contributed by atoms with E-state index in [0.29, 0.717) is 5.03 Å². The second-order valence-electron chi connectivity index (χ2n) is 7.80. The highest BCUT2D eigenvalue weighted by atomic mass is 32.2. The standard InChI is InChI=1S/C23H25N3O6S2/c1-2-32-23(29)14-22-26(21(28)16-33-22)15-20(27)24-9-11-25(12-10-24)34(30,31)19-8-7-17-5-3-4-6-18(17)13-19/h3-8,13-14H,2,9-12,15-16H2,1H3. The quantitative estimate of drug-likeness (QED) is 0.436. The average Bonchev–Trinajstić information content (AvgIpc) is 3.17. The number of ether oxygens (including phenoxy) is 1. The summed E-state index contributed by atoms with van der Waals surface area (Å²) in [5.74, 6) is -0.972. The Kier molecular flexibility index (Phi) is 7.24. The maximum absolute atomic E-state index is 13.1. The fourth-order valence-electron chi connectivity index (χ4n) is 3.87. The second kappa shape index (κ2) is 10.2. The first-order valence-corrected chi connectivity index (χ1v) is 13.3. The molecule has 0 saturated carbocycles. The van der Waals surface area contributed by atoms with Crippen molar-refractivity contribution >= 4 is 50.3 Å². The lowest BCUT2D eigenvalue weighted by atomic mass is 10.1. The highest BCUT2D eigenvalue weighted by Crippen LogP contribution is 2.29. The number of nitrogens with zero attached hydrogens (tertiary/aromatic N) is 3. The number of fused-ring (bicyclic) bond motifs is 1. The molecule has 180 valence electrons. The van der Waals surface area contributed by atoms with E-state index in [1.807, 2.05) is 24.3 Å². The number of hydrogen-bond donors (Lipinski definition) is 0. The molecular formula is C23H25N3O6S2. The summed E-state index contributed by atoms with van der Waals surface area (Å²) in [6.45, 7) is 2.46. The first-order valence-electron chi connectivity index (χ1n) is 10.9. The van der Waals surface area contributed by atoms with Crippen LogP contribution in [0.1, 0.15) is 6.92 Å². The molecule has 0 spiro atoms. The number of amides is 2. The molecular weight excluding hydrogens is 478 g/mol. The number of piperazine rings is 1. The van der Waals surface area contributed by atoms with Gasteiger partial charge in [-0.1, -0.05) is 42.1 Å². The lowest BCUT2D eigenvalue weighted by Crippen LogP contribution is -2.52. The van der Waals surface area contributed by atoms with E-state index < -0.39 is 16.0 Å². The van der Waals surface area contributed by atoms with E-state index in [1.165, 1.54) is 27.0 Å². The van der Waals surface area contributed by atoms with Crippen LogP contribution in [0, 0.1) is 0 Å². The summed E-state index contributed by atoms with van der Waals surface area (Å²) in [5, 5.41) is 2.19. The molecule has 0 bridgehead atoms. The summed E-state index contributed by atoms with van der Waals surface area (Å²) in [6.07, 6.45) is 1.22. The van der Waals surface area contributed by atoms with Crippen molar-refractivity contribution in [2.24, 2.45) is 0 Å². The summed E-state index contributed by atoms with van der Waals surface area (Å²) in [5.41, 5.74) is 0. The molecule has 9 nitrogen and oxygen atoms in total. The van der Waals surface area contributed by atoms with Gasteiger partial charge in [-0.2, -0.15) is 4.31 Å². The number of sulfonamides is 1. The number of hydrogen-bond acceptors (Lipinski definition) is 7. The van der Waals surface area contributed by atoms with Gasteiger partial charge in [-0.15, -0.1) is 0 Å². The third kappa shape index (κ3) is 5.11. The summed E-state index contributed by atoms with van der Waals surface area (Å²) in [7, 11) is -3.69. The van der Waals surface area contributed by atoms with E-state index in [-0.39, 0.29) is 61.8 Å². The van der Waals surface area contributed by atoms with Crippen LogP contribution in [-0.4, -0.2) is 85.4 Å². The van der Waals surface area contributed by atoms with E-state index in [2.05, 4.69) is 0 Å². The van der Waals surface area contributed by atoms with Crippen molar-refractivity contribution in [1.29, 1.82) is 0 Å². The molecule has 2 heterocycles. The van der Waals surface area contributed by atoms with Crippen LogP contribution in [0.3, 0.4) is 0 Å². The van der Waals surface area contributed by atoms with Gasteiger partial charge in [0, 0.05) is 26.2 Å². The van der Waals surface area contributed by atoms with Gasteiger partial charge >= 0.3 is 5.97 Å². The molecule has 2 amide bonds. The Hall–Kier alpha value is -2.89. The molecule has 0 aromatic heterocycles. The number of thioether (sulfide) groups is 1. The van der Waals surface area contributed by atoms with Crippen LogP contribution in [-0.2, 0) is 29.1 Å². The molecule has 2 aliphatic rings. The maximum Gasteiger partial charge on any atom is 0.333 e. The van der Waals surface area contributed by atoms with E-state index in [4.69, 9.17) is 4.74 Å². The third-order valence-corrected chi connectivity index (χ3v) is 8.60. The summed E-state index contributed by atoms with van der Waals surface area (Å²) < 4.78 is 32.6. The van der Waals surface area contributed by atoms with Crippen molar-refractivity contribution in [3.05, 3.63) is 53.6 Å². The largest absolute Gasteiger partial charge is 0.463 e. The SMILES string of the molecule is CCOC(=O)C=C1SCC(=O)N1CC(=O)N1CCN(S(=O)(=O)c2ccc3ccccc3c2)CC1. The smallest absolute Gasteiger partial charge is 0.333 e. The van der Waals surface area contributed by atoms with Crippen LogP contribution in [0.15, 0.2) is 58.5 Å². The van der Waals surface area contributed by atoms with Crippen LogP contribution in [0.4, 0.5) is 0 Å². The Bertz CT molecular complexity index is 1250. The summed E-state index contributed by atoms with van der Waals surface area (Å²) in [6, 6.07) is 12.6. The number of benzene rings is 2. The van der Waals surface area contributed by atoms with Crippen molar-refractivity contribution in [3.63, 3.8) is 0 Å². The zero-order chi connectivity index (χ0) is 24.3. The van der Waals surface area contributed by atoms with Gasteiger partial charge in [-0.3, -0.25) is 14.5 Å². The van der Waals surface area contributed by atoms with Gasteiger partial charge in [0.15, 0.2) is 0 Å². The molecule has 2 fully saturated rings. The predicted molar refractivity (Wildman–Crippen MR) is 128 cm³/mol. The van der Waals surface area contributed by atoms with Crippen LogP contribution < -0.4 is 0 Å². The van der Waals surface area contributed by atoms with Crippen molar-refractivity contribution < 1.29 is 27.5 Å². The van der Waals surface area contributed by atoms with Gasteiger partial charge in [0.05, 0.1) is 28.4 Å². The zero-order valence-electron chi connectivity index (χ0n) is 18.7. The monoisotopic (exact) mass is 503 g/mol. The minimum Gasteiger partial charge on any atom is -0.463 e. The average molecular weight is 504 g/mol. The second-order valence-corrected chi connectivity index (χ2v) is 10.7. The Morgan fingerprint density at radius 3 is 2.47 bits per heavy atom. The third-order valence-electron chi connectivity index (χ3n) is 5.68. The number of carbonyl (C=O) groups excluding carboxylic acids is 3. The van der Waals surface area contributed by atoms with Crippen molar-refractivity contribution in [2.75, 3.05) is 45.1 Å². The Morgan fingerprint density at radius 1 is 1.06 bits per heavy atom. The number of esters is 1. The van der Waals surface area contributed by atoms with Gasteiger partial charge in [-0.25, -0.2) is 13.2 Å². The lowest BCUT2D eigenvalue weighted by molar-refractivity contribution is -0.139. The molecule has 2 aromatic carbocycles. The number of rotatable bonds is 6. The van der Waals surface area contributed by atoms with Gasteiger partial charge < -0.3 is 9.64 Å². The number of carbonyl (C=O) groups is 3. The normalized spacial score (nSPS) is 18.6. The molecule has 2 saturated heterocycles. The van der Waals surface area contributed by atoms with E-state index in [9.17, 15) is 22.8 Å². The van der Waals surface area contributed by atoms with Crippen LogP contribution in [0.25, 0.3) is 10.8 Å². The van der Waals surface area contributed by atoms with Gasteiger partial charge in [0.1, 0.15) is 6.54 Å². The van der Waals surface area contributed by atoms with Crippen molar-refractivity contribution in [3.8, 4) is 0 Å². The molecule has 0 atom stereocenters. The molecule has 0 unspecified atom stereocenters.